The third-order valence-electron chi connectivity index (χ3n) is 5.13. The molecule has 3 heterocycles. The summed E-state index contributed by atoms with van der Waals surface area (Å²) in [5.41, 5.74) is 2.91. The van der Waals surface area contributed by atoms with E-state index in [2.05, 4.69) is 15.3 Å². The lowest BCUT2D eigenvalue weighted by Crippen LogP contribution is -2.32. The van der Waals surface area contributed by atoms with Gasteiger partial charge in [0.2, 0.25) is 0 Å². The summed E-state index contributed by atoms with van der Waals surface area (Å²) in [7, 11) is 0. The Morgan fingerprint density at radius 2 is 1.90 bits per heavy atom. The fourth-order valence-electron chi connectivity index (χ4n) is 3.66. The van der Waals surface area contributed by atoms with Gasteiger partial charge in [-0.3, -0.25) is 19.7 Å². The molecule has 1 aliphatic heterocycles. The standard InChI is InChI=1S/C21H19Cl2N5O2/c1-3-27-7-8-28(21(27)30)19-12(2)9-25-18-13(19)5-4-6-16(18)26-20(29)17-14(22)10-24-11-15(17)23/h4-6,9-11H,3,7-8H2,1-2H3,(H,26,29). The number of urea groups is 1. The molecule has 154 valence electrons. The number of pyridine rings is 2. The number of hydrogen-bond acceptors (Lipinski definition) is 4. The molecule has 1 N–H and O–H groups in total. The molecule has 0 bridgehead atoms. The van der Waals surface area contributed by atoms with Crippen LogP contribution >= 0.6 is 23.2 Å². The summed E-state index contributed by atoms with van der Waals surface area (Å²) in [4.78, 5) is 37.6. The monoisotopic (exact) mass is 443 g/mol. The molecule has 7 nitrogen and oxygen atoms in total. The molecule has 1 saturated heterocycles. The van der Waals surface area contributed by atoms with Crippen LogP contribution in [0.4, 0.5) is 16.2 Å². The van der Waals surface area contributed by atoms with Crippen LogP contribution < -0.4 is 10.2 Å². The van der Waals surface area contributed by atoms with Crippen molar-refractivity contribution in [3.8, 4) is 0 Å². The minimum atomic E-state index is -0.460. The summed E-state index contributed by atoms with van der Waals surface area (Å²) in [5.74, 6) is -0.460. The molecule has 1 aromatic carbocycles. The highest BCUT2D eigenvalue weighted by atomic mass is 35.5. The van der Waals surface area contributed by atoms with Gasteiger partial charge in [0.25, 0.3) is 5.91 Å². The smallest absolute Gasteiger partial charge is 0.323 e. The summed E-state index contributed by atoms with van der Waals surface area (Å²) < 4.78 is 0. The van der Waals surface area contributed by atoms with Crippen molar-refractivity contribution in [2.75, 3.05) is 29.9 Å². The maximum Gasteiger partial charge on any atom is 0.324 e. The highest BCUT2D eigenvalue weighted by Crippen LogP contribution is 2.35. The van der Waals surface area contributed by atoms with Gasteiger partial charge in [0.05, 0.1) is 32.5 Å². The van der Waals surface area contributed by atoms with Crippen molar-refractivity contribution < 1.29 is 9.59 Å². The van der Waals surface area contributed by atoms with E-state index in [0.29, 0.717) is 30.8 Å². The van der Waals surface area contributed by atoms with Crippen LogP contribution in [0.1, 0.15) is 22.8 Å². The molecule has 9 heteroatoms. The topological polar surface area (TPSA) is 78.4 Å². The van der Waals surface area contributed by atoms with Crippen LogP contribution in [0, 0.1) is 6.92 Å². The number of anilines is 2. The maximum atomic E-state index is 12.8. The Balaban J connectivity index is 1.77. The number of amides is 3. The number of aromatic nitrogens is 2. The van der Waals surface area contributed by atoms with Gasteiger partial charge in [-0.2, -0.15) is 0 Å². The molecular weight excluding hydrogens is 425 g/mol. The van der Waals surface area contributed by atoms with Crippen LogP contribution in [0.25, 0.3) is 10.9 Å². The van der Waals surface area contributed by atoms with E-state index in [-0.39, 0.29) is 21.6 Å². The summed E-state index contributed by atoms with van der Waals surface area (Å²) in [6.45, 7) is 5.82. The number of aryl methyl sites for hydroxylation is 1. The van der Waals surface area contributed by atoms with Crippen LogP contribution in [0.2, 0.25) is 10.0 Å². The number of nitrogens with zero attached hydrogens (tertiary/aromatic N) is 4. The molecular formula is C21H19Cl2N5O2. The largest absolute Gasteiger partial charge is 0.324 e. The number of hydrogen-bond donors (Lipinski definition) is 1. The second-order valence-electron chi connectivity index (χ2n) is 6.94. The van der Waals surface area contributed by atoms with Crippen LogP contribution in [-0.4, -0.2) is 46.4 Å². The summed E-state index contributed by atoms with van der Waals surface area (Å²) in [5, 5.41) is 3.94. The Bertz CT molecular complexity index is 1150. The highest BCUT2D eigenvalue weighted by molar-refractivity contribution is 6.40. The average Bonchev–Trinajstić information content (AvgIpc) is 3.08. The summed E-state index contributed by atoms with van der Waals surface area (Å²) >= 11 is 12.2. The normalized spacial score (nSPS) is 13.9. The molecule has 3 aromatic rings. The molecule has 0 spiro atoms. The number of para-hydroxylation sites is 1. The van der Waals surface area contributed by atoms with Crippen LogP contribution in [0.3, 0.4) is 0 Å². The van der Waals surface area contributed by atoms with Crippen molar-refractivity contribution in [2.24, 2.45) is 0 Å². The van der Waals surface area contributed by atoms with E-state index >= 15 is 0 Å². The fourth-order valence-corrected chi connectivity index (χ4v) is 4.20. The van der Waals surface area contributed by atoms with E-state index < -0.39 is 5.91 Å². The summed E-state index contributed by atoms with van der Waals surface area (Å²) in [6.07, 6.45) is 4.44. The van der Waals surface area contributed by atoms with Crippen molar-refractivity contribution in [2.45, 2.75) is 13.8 Å². The van der Waals surface area contributed by atoms with Crippen LogP contribution in [0.15, 0.2) is 36.8 Å². The van der Waals surface area contributed by atoms with Gasteiger partial charge < -0.3 is 10.2 Å². The SMILES string of the molecule is CCN1CCN(c2c(C)cnc3c(NC(=O)c4c(Cl)cncc4Cl)cccc23)C1=O. The third-order valence-corrected chi connectivity index (χ3v) is 5.70. The van der Waals surface area contributed by atoms with Gasteiger partial charge in [0.1, 0.15) is 0 Å². The first-order chi connectivity index (χ1) is 14.4. The van der Waals surface area contributed by atoms with Crippen molar-refractivity contribution in [3.05, 3.63) is 58.0 Å². The summed E-state index contributed by atoms with van der Waals surface area (Å²) in [6, 6.07) is 5.43. The van der Waals surface area contributed by atoms with E-state index in [1.807, 2.05) is 26.0 Å². The lowest BCUT2D eigenvalue weighted by Gasteiger charge is -2.22. The van der Waals surface area contributed by atoms with Crippen LogP contribution in [0.5, 0.6) is 0 Å². The molecule has 3 amide bonds. The van der Waals surface area contributed by atoms with Gasteiger partial charge in [-0.1, -0.05) is 35.3 Å². The molecule has 0 aliphatic carbocycles. The quantitative estimate of drug-likeness (QED) is 0.630. The predicted octanol–water partition coefficient (Wildman–Crippen LogP) is 4.76. The molecule has 30 heavy (non-hydrogen) atoms. The van der Waals surface area contributed by atoms with E-state index in [1.165, 1.54) is 12.4 Å². The van der Waals surface area contributed by atoms with Gasteiger partial charge in [-0.15, -0.1) is 0 Å². The molecule has 1 aliphatic rings. The Morgan fingerprint density at radius 3 is 2.57 bits per heavy atom. The zero-order chi connectivity index (χ0) is 21.4. The lowest BCUT2D eigenvalue weighted by molar-refractivity contribution is 0.102. The van der Waals surface area contributed by atoms with Gasteiger partial charge in [-0.25, -0.2) is 4.79 Å². The number of rotatable bonds is 4. The van der Waals surface area contributed by atoms with E-state index in [4.69, 9.17) is 23.2 Å². The maximum absolute atomic E-state index is 12.8. The zero-order valence-electron chi connectivity index (χ0n) is 16.4. The molecule has 4 rings (SSSR count). The first-order valence-electron chi connectivity index (χ1n) is 9.47. The Morgan fingerprint density at radius 1 is 1.17 bits per heavy atom. The lowest BCUT2D eigenvalue weighted by atomic mass is 10.1. The number of nitrogens with one attached hydrogen (secondary N) is 1. The number of halogens is 2. The Labute approximate surface area is 183 Å². The predicted molar refractivity (Wildman–Crippen MR) is 119 cm³/mol. The zero-order valence-corrected chi connectivity index (χ0v) is 18.0. The van der Waals surface area contributed by atoms with Gasteiger partial charge in [-0.05, 0) is 25.5 Å². The van der Waals surface area contributed by atoms with E-state index in [9.17, 15) is 9.59 Å². The van der Waals surface area contributed by atoms with E-state index in [1.54, 1.807) is 22.1 Å². The minimum Gasteiger partial charge on any atom is -0.323 e. The third kappa shape index (κ3) is 3.44. The van der Waals surface area contributed by atoms with Gasteiger partial charge in [0.15, 0.2) is 0 Å². The molecule has 0 radical (unpaired) electrons. The number of likely N-dealkylation sites (N-methyl/N-ethyl adjacent to an activating group) is 1. The molecule has 0 atom stereocenters. The molecule has 2 aromatic heterocycles. The Hall–Kier alpha value is -2.90. The first kappa shape index (κ1) is 20.4. The Kier molecular flexibility index (Phi) is 5.49. The van der Waals surface area contributed by atoms with Crippen molar-refractivity contribution in [3.63, 3.8) is 0 Å². The van der Waals surface area contributed by atoms with Crippen molar-refractivity contribution >= 4 is 57.4 Å². The molecule has 0 saturated carbocycles. The molecule has 1 fully saturated rings. The number of carbonyl (C=O) groups excluding carboxylic acids is 2. The van der Waals surface area contributed by atoms with Crippen molar-refractivity contribution in [1.29, 1.82) is 0 Å². The van der Waals surface area contributed by atoms with Crippen molar-refractivity contribution in [1.82, 2.24) is 14.9 Å². The fraction of sp³-hybridized carbons (Fsp3) is 0.238. The number of carbonyl (C=O) groups is 2. The number of fused-ring (bicyclic) bond motifs is 1. The number of benzene rings is 1. The van der Waals surface area contributed by atoms with E-state index in [0.717, 1.165) is 16.6 Å². The van der Waals surface area contributed by atoms with Gasteiger partial charge >= 0.3 is 6.03 Å². The van der Waals surface area contributed by atoms with Crippen LogP contribution in [-0.2, 0) is 0 Å². The molecule has 0 unspecified atom stereocenters. The average molecular weight is 444 g/mol. The van der Waals surface area contributed by atoms with Gasteiger partial charge in [0, 0.05) is 43.6 Å². The minimum absolute atomic E-state index is 0.0297. The first-order valence-corrected chi connectivity index (χ1v) is 10.2. The second kappa shape index (κ2) is 8.08. The second-order valence-corrected chi connectivity index (χ2v) is 7.75. The highest BCUT2D eigenvalue weighted by Gasteiger charge is 2.31.